The Kier molecular flexibility index (Phi) is 8.95. The maximum Gasteiger partial charge on any atom is 0.0478 e. The summed E-state index contributed by atoms with van der Waals surface area (Å²) in [5.74, 6) is 0. The van der Waals surface area contributed by atoms with E-state index in [1.807, 2.05) is 0 Å². The summed E-state index contributed by atoms with van der Waals surface area (Å²) >= 11 is 0. The van der Waals surface area contributed by atoms with Crippen molar-refractivity contribution in [3.63, 3.8) is 0 Å². The van der Waals surface area contributed by atoms with Crippen molar-refractivity contribution in [2.45, 2.75) is 33.1 Å². The summed E-state index contributed by atoms with van der Waals surface area (Å²) in [7, 11) is 2.17. The van der Waals surface area contributed by atoms with Crippen LogP contribution < -0.4 is 0 Å². The molecule has 0 fully saturated rings. The van der Waals surface area contributed by atoms with Crippen molar-refractivity contribution in [1.82, 2.24) is 4.90 Å². The lowest BCUT2D eigenvalue weighted by Gasteiger charge is -2.14. The second kappa shape index (κ2) is 9.01. The highest BCUT2D eigenvalue weighted by Gasteiger charge is 1.95. The summed E-state index contributed by atoms with van der Waals surface area (Å²) in [6.45, 7) is 8.55. The normalized spacial score (nSPS) is 11.0. The second-order valence-electron chi connectivity index (χ2n) is 3.27. The fourth-order valence-electron chi connectivity index (χ4n) is 1.18. The minimum atomic E-state index is 0.914. The van der Waals surface area contributed by atoms with Crippen LogP contribution >= 0.6 is 0 Å². The summed E-state index contributed by atoms with van der Waals surface area (Å²) in [5, 5.41) is 0. The lowest BCUT2D eigenvalue weighted by atomic mass is 10.4. The van der Waals surface area contributed by atoms with Crippen molar-refractivity contribution < 1.29 is 4.74 Å². The number of rotatable bonds is 8. The Hall–Kier alpha value is -0.0800. The van der Waals surface area contributed by atoms with E-state index in [1.165, 1.54) is 13.0 Å². The van der Waals surface area contributed by atoms with Crippen LogP contribution in [-0.2, 0) is 4.74 Å². The summed E-state index contributed by atoms with van der Waals surface area (Å²) in [6.07, 6.45) is 3.54. The molecule has 12 heavy (non-hydrogen) atoms. The molecular weight excluding hydrogens is 150 g/mol. The Morgan fingerprint density at radius 2 is 1.75 bits per heavy atom. The predicted octanol–water partition coefficient (Wildman–Crippen LogP) is 2.14. The minimum Gasteiger partial charge on any atom is -0.381 e. The molecule has 0 amide bonds. The zero-order valence-electron chi connectivity index (χ0n) is 8.81. The van der Waals surface area contributed by atoms with Crippen LogP contribution in [0.4, 0.5) is 0 Å². The van der Waals surface area contributed by atoms with Crippen LogP contribution in [0.1, 0.15) is 33.1 Å². The third-order valence-corrected chi connectivity index (χ3v) is 1.78. The van der Waals surface area contributed by atoms with Crippen LogP contribution in [0.3, 0.4) is 0 Å². The largest absolute Gasteiger partial charge is 0.381 e. The molecule has 2 heteroatoms. The van der Waals surface area contributed by atoms with Crippen molar-refractivity contribution in [2.75, 3.05) is 33.4 Å². The lowest BCUT2D eigenvalue weighted by molar-refractivity contribution is 0.124. The van der Waals surface area contributed by atoms with Gasteiger partial charge in [0.1, 0.15) is 0 Å². The molecule has 0 saturated carbocycles. The second-order valence-corrected chi connectivity index (χ2v) is 3.27. The smallest absolute Gasteiger partial charge is 0.0478 e. The van der Waals surface area contributed by atoms with Gasteiger partial charge in [0, 0.05) is 19.8 Å². The molecule has 74 valence electrons. The van der Waals surface area contributed by atoms with Crippen molar-refractivity contribution >= 4 is 0 Å². The summed E-state index contributed by atoms with van der Waals surface area (Å²) < 4.78 is 5.38. The van der Waals surface area contributed by atoms with E-state index in [-0.39, 0.29) is 0 Å². The fraction of sp³-hybridized carbons (Fsp3) is 1.00. The molecule has 0 aromatic rings. The molecule has 0 radical (unpaired) electrons. The quantitative estimate of drug-likeness (QED) is 0.521. The van der Waals surface area contributed by atoms with Crippen LogP contribution in [0.2, 0.25) is 0 Å². The average molecular weight is 173 g/mol. The molecule has 0 unspecified atom stereocenters. The highest BCUT2D eigenvalue weighted by Crippen LogP contribution is 1.91. The fourth-order valence-corrected chi connectivity index (χ4v) is 1.18. The Balaban J connectivity index is 2.97. The van der Waals surface area contributed by atoms with E-state index in [9.17, 15) is 0 Å². The molecule has 0 heterocycles. The number of hydrogen-bond acceptors (Lipinski definition) is 2. The van der Waals surface area contributed by atoms with Gasteiger partial charge in [-0.3, -0.25) is 0 Å². The molecule has 0 saturated heterocycles. The van der Waals surface area contributed by atoms with Gasteiger partial charge in [0.25, 0.3) is 0 Å². The van der Waals surface area contributed by atoms with Gasteiger partial charge >= 0.3 is 0 Å². The first-order valence-corrected chi connectivity index (χ1v) is 5.07. The molecule has 0 bridgehead atoms. The Morgan fingerprint density at radius 3 is 2.33 bits per heavy atom. The third-order valence-electron chi connectivity index (χ3n) is 1.78. The van der Waals surface area contributed by atoms with Gasteiger partial charge in [-0.2, -0.15) is 0 Å². The van der Waals surface area contributed by atoms with Gasteiger partial charge < -0.3 is 9.64 Å². The monoisotopic (exact) mass is 173 g/mol. The van der Waals surface area contributed by atoms with Gasteiger partial charge in [0.2, 0.25) is 0 Å². The Bertz CT molecular complexity index is 85.9. The van der Waals surface area contributed by atoms with Crippen molar-refractivity contribution in [3.05, 3.63) is 0 Å². The van der Waals surface area contributed by atoms with Gasteiger partial charge in [0.15, 0.2) is 0 Å². The van der Waals surface area contributed by atoms with Gasteiger partial charge in [-0.05, 0) is 32.9 Å². The average Bonchev–Trinajstić information content (AvgIpc) is 2.05. The third kappa shape index (κ3) is 8.02. The molecule has 0 N–H and O–H groups in total. The predicted molar refractivity (Wildman–Crippen MR) is 53.5 cm³/mol. The van der Waals surface area contributed by atoms with Gasteiger partial charge in [-0.1, -0.05) is 13.8 Å². The lowest BCUT2D eigenvalue weighted by Crippen LogP contribution is -2.21. The number of hydrogen-bond donors (Lipinski definition) is 0. The van der Waals surface area contributed by atoms with Gasteiger partial charge in [0.05, 0.1) is 0 Å². The minimum absolute atomic E-state index is 0.914. The molecular formula is C10H23NO. The summed E-state index contributed by atoms with van der Waals surface area (Å²) in [4.78, 5) is 2.36. The van der Waals surface area contributed by atoms with E-state index in [2.05, 4.69) is 25.8 Å². The van der Waals surface area contributed by atoms with Gasteiger partial charge in [-0.15, -0.1) is 0 Å². The van der Waals surface area contributed by atoms with E-state index < -0.39 is 0 Å². The van der Waals surface area contributed by atoms with Crippen LogP contribution in [0.15, 0.2) is 0 Å². The van der Waals surface area contributed by atoms with Crippen molar-refractivity contribution in [1.29, 1.82) is 0 Å². The molecule has 0 atom stereocenters. The van der Waals surface area contributed by atoms with Crippen LogP contribution in [-0.4, -0.2) is 38.3 Å². The highest BCUT2D eigenvalue weighted by molar-refractivity contribution is 4.49. The molecule has 0 aliphatic rings. The molecule has 0 spiro atoms. The molecule has 2 nitrogen and oxygen atoms in total. The van der Waals surface area contributed by atoms with Gasteiger partial charge in [-0.25, -0.2) is 0 Å². The first kappa shape index (κ1) is 11.9. The van der Waals surface area contributed by atoms with Crippen molar-refractivity contribution in [3.8, 4) is 0 Å². The van der Waals surface area contributed by atoms with Crippen molar-refractivity contribution in [2.24, 2.45) is 0 Å². The zero-order chi connectivity index (χ0) is 9.23. The molecule has 0 rings (SSSR count). The summed E-state index contributed by atoms with van der Waals surface area (Å²) in [5.41, 5.74) is 0. The van der Waals surface area contributed by atoms with E-state index in [0.29, 0.717) is 0 Å². The number of ether oxygens (including phenoxy) is 1. The summed E-state index contributed by atoms with van der Waals surface area (Å²) in [6, 6.07) is 0. The number of nitrogens with zero attached hydrogens (tertiary/aromatic N) is 1. The standard InChI is InChI=1S/C10H23NO/c1-4-7-11(3)8-6-10-12-9-5-2/h4-10H2,1-3H3. The molecule has 0 aliphatic heterocycles. The van der Waals surface area contributed by atoms with Crippen LogP contribution in [0.25, 0.3) is 0 Å². The maximum atomic E-state index is 5.38. The van der Waals surface area contributed by atoms with Crippen LogP contribution in [0, 0.1) is 0 Å². The Labute approximate surface area is 76.9 Å². The van der Waals surface area contributed by atoms with E-state index in [0.717, 1.165) is 32.6 Å². The SMILES string of the molecule is CCCOCCCN(C)CCC. The van der Waals surface area contributed by atoms with Crippen LogP contribution in [0.5, 0.6) is 0 Å². The van der Waals surface area contributed by atoms with E-state index in [4.69, 9.17) is 4.74 Å². The van der Waals surface area contributed by atoms with E-state index in [1.54, 1.807) is 0 Å². The molecule has 0 aromatic heterocycles. The molecule has 0 aromatic carbocycles. The van der Waals surface area contributed by atoms with E-state index >= 15 is 0 Å². The zero-order valence-corrected chi connectivity index (χ0v) is 8.81. The first-order chi connectivity index (χ1) is 5.81. The topological polar surface area (TPSA) is 12.5 Å². The maximum absolute atomic E-state index is 5.38. The highest BCUT2D eigenvalue weighted by atomic mass is 16.5. The first-order valence-electron chi connectivity index (χ1n) is 5.07. The Morgan fingerprint density at radius 1 is 1.00 bits per heavy atom. The molecule has 0 aliphatic carbocycles.